The van der Waals surface area contributed by atoms with Crippen molar-refractivity contribution in [3.63, 3.8) is 0 Å². The molecule has 5 heterocycles. The van der Waals surface area contributed by atoms with Crippen molar-refractivity contribution in [1.29, 1.82) is 0 Å². The van der Waals surface area contributed by atoms with Gasteiger partial charge in [-0.15, -0.1) is 0 Å². The molecule has 2 unspecified atom stereocenters. The standard InChI is InChI=1S/C26H30N8O3/c1-13-9-18(10-14(2)33(13)26(37)16(4)36)22-21(15(3)35)23(27)34-25(32-22)19(12-31-34)17-5-6-20(30-11-17)24-28-7-8-29-24/h5-8,11-14,16,18,36H,9-10,27H2,1-4H3,(H,28,29)/t13-,14?,16-,18?/m0/s1. The monoisotopic (exact) mass is 502 g/mol. The number of aromatic amines is 1. The fourth-order valence-electron chi connectivity index (χ4n) is 5.45. The molecule has 0 radical (unpaired) electrons. The Labute approximate surface area is 213 Å². The van der Waals surface area contributed by atoms with E-state index >= 15 is 0 Å². The summed E-state index contributed by atoms with van der Waals surface area (Å²) in [4.78, 5) is 43.8. The van der Waals surface area contributed by atoms with Crippen molar-refractivity contribution < 1.29 is 14.7 Å². The van der Waals surface area contributed by atoms with Crippen molar-refractivity contribution in [3.8, 4) is 22.6 Å². The van der Waals surface area contributed by atoms with E-state index in [1.165, 1.54) is 18.4 Å². The molecule has 4 aromatic rings. The van der Waals surface area contributed by atoms with Crippen molar-refractivity contribution in [2.24, 2.45) is 0 Å². The van der Waals surface area contributed by atoms with E-state index in [4.69, 9.17) is 10.7 Å². The van der Waals surface area contributed by atoms with Gasteiger partial charge in [0, 0.05) is 47.7 Å². The molecule has 37 heavy (non-hydrogen) atoms. The van der Waals surface area contributed by atoms with E-state index < -0.39 is 6.10 Å². The predicted molar refractivity (Wildman–Crippen MR) is 138 cm³/mol. The smallest absolute Gasteiger partial charge is 0.251 e. The van der Waals surface area contributed by atoms with Crippen LogP contribution in [0.25, 0.3) is 28.3 Å². The molecule has 192 valence electrons. The van der Waals surface area contributed by atoms with Gasteiger partial charge in [-0.1, -0.05) is 6.07 Å². The number of nitrogens with two attached hydrogens (primary N) is 1. The number of aromatic nitrogens is 6. The van der Waals surface area contributed by atoms with E-state index in [2.05, 4.69) is 20.1 Å². The highest BCUT2D eigenvalue weighted by molar-refractivity contribution is 6.00. The number of likely N-dealkylation sites (tertiary alicyclic amines) is 1. The Bertz CT molecular complexity index is 1450. The first kappa shape index (κ1) is 24.6. The number of aliphatic hydroxyl groups is 1. The van der Waals surface area contributed by atoms with Crippen molar-refractivity contribution in [2.45, 2.75) is 64.6 Å². The molecule has 4 atom stereocenters. The number of rotatable bonds is 5. The quantitative estimate of drug-likeness (QED) is 0.352. The van der Waals surface area contributed by atoms with Crippen molar-refractivity contribution in [2.75, 3.05) is 5.73 Å². The van der Waals surface area contributed by atoms with Gasteiger partial charge in [0.25, 0.3) is 5.91 Å². The number of carbonyl (C=O) groups is 2. The molecule has 4 aromatic heterocycles. The lowest BCUT2D eigenvalue weighted by Crippen LogP contribution is -2.52. The molecule has 0 aliphatic carbocycles. The zero-order valence-electron chi connectivity index (χ0n) is 21.2. The van der Waals surface area contributed by atoms with E-state index in [-0.39, 0.29) is 35.5 Å². The van der Waals surface area contributed by atoms with Gasteiger partial charge in [0.05, 0.1) is 17.5 Å². The molecule has 11 heteroatoms. The zero-order valence-corrected chi connectivity index (χ0v) is 21.2. The number of hydrogen-bond acceptors (Lipinski definition) is 8. The number of Topliss-reactive ketones (excluding diaryl/α,β-unsaturated/α-hetero) is 1. The van der Waals surface area contributed by atoms with Gasteiger partial charge < -0.3 is 20.7 Å². The fourth-order valence-corrected chi connectivity index (χ4v) is 5.45. The van der Waals surface area contributed by atoms with Crippen LogP contribution in [0.3, 0.4) is 0 Å². The maximum Gasteiger partial charge on any atom is 0.251 e. The number of H-pyrrole nitrogens is 1. The Kier molecular flexibility index (Phi) is 6.24. The third-order valence-corrected chi connectivity index (χ3v) is 7.08. The van der Waals surface area contributed by atoms with Crippen LogP contribution in [0, 0.1) is 0 Å². The number of amides is 1. The van der Waals surface area contributed by atoms with Gasteiger partial charge >= 0.3 is 0 Å². The molecule has 5 rings (SSSR count). The Morgan fingerprint density at radius 1 is 1.16 bits per heavy atom. The number of carbonyl (C=O) groups excluding carboxylic acids is 2. The molecule has 1 aliphatic heterocycles. The van der Waals surface area contributed by atoms with E-state index in [0.717, 1.165) is 11.1 Å². The number of anilines is 1. The van der Waals surface area contributed by atoms with Crippen LogP contribution in [0.1, 0.15) is 62.5 Å². The summed E-state index contributed by atoms with van der Waals surface area (Å²) in [6.07, 6.45) is 6.93. The van der Waals surface area contributed by atoms with Crippen LogP contribution >= 0.6 is 0 Å². The van der Waals surface area contributed by atoms with Crippen LogP contribution in [-0.2, 0) is 4.79 Å². The number of nitrogens with zero attached hydrogens (tertiary/aromatic N) is 6. The summed E-state index contributed by atoms with van der Waals surface area (Å²) in [5.41, 5.74) is 10.3. The number of nitrogens with one attached hydrogen (secondary N) is 1. The molecule has 0 spiro atoms. The van der Waals surface area contributed by atoms with Gasteiger partial charge in [0.1, 0.15) is 17.6 Å². The average molecular weight is 503 g/mol. The average Bonchev–Trinajstić information content (AvgIpc) is 3.54. The van der Waals surface area contributed by atoms with Gasteiger partial charge in [-0.2, -0.15) is 9.61 Å². The number of fused-ring (bicyclic) bond motifs is 1. The van der Waals surface area contributed by atoms with Crippen LogP contribution in [0.4, 0.5) is 5.82 Å². The molecule has 0 saturated carbocycles. The number of piperidine rings is 1. The summed E-state index contributed by atoms with van der Waals surface area (Å²) >= 11 is 0. The van der Waals surface area contributed by atoms with Crippen molar-refractivity contribution in [3.05, 3.63) is 48.2 Å². The van der Waals surface area contributed by atoms with Gasteiger partial charge in [-0.05, 0) is 46.6 Å². The molecule has 1 fully saturated rings. The molecule has 11 nitrogen and oxygen atoms in total. The Hall–Kier alpha value is -4.12. The number of aliphatic hydroxyl groups excluding tert-OH is 1. The Morgan fingerprint density at radius 3 is 2.46 bits per heavy atom. The maximum atomic E-state index is 12.7. The molecular weight excluding hydrogens is 472 g/mol. The van der Waals surface area contributed by atoms with Crippen molar-refractivity contribution >= 4 is 23.2 Å². The first-order chi connectivity index (χ1) is 17.7. The first-order valence-corrected chi connectivity index (χ1v) is 12.3. The lowest BCUT2D eigenvalue weighted by atomic mass is 9.82. The minimum Gasteiger partial charge on any atom is -0.384 e. The summed E-state index contributed by atoms with van der Waals surface area (Å²) < 4.78 is 1.50. The largest absolute Gasteiger partial charge is 0.384 e. The summed E-state index contributed by atoms with van der Waals surface area (Å²) in [6, 6.07) is 3.50. The van der Waals surface area contributed by atoms with E-state index in [1.54, 1.807) is 29.7 Å². The Morgan fingerprint density at radius 2 is 1.89 bits per heavy atom. The summed E-state index contributed by atoms with van der Waals surface area (Å²) in [6.45, 7) is 6.86. The molecule has 1 aliphatic rings. The molecule has 1 saturated heterocycles. The van der Waals surface area contributed by atoms with Gasteiger partial charge in [0.15, 0.2) is 17.3 Å². The summed E-state index contributed by atoms with van der Waals surface area (Å²) in [5.74, 6) is 0.326. The van der Waals surface area contributed by atoms with Crippen LogP contribution in [0.5, 0.6) is 0 Å². The third kappa shape index (κ3) is 4.25. The fraction of sp³-hybridized carbons (Fsp3) is 0.385. The van der Waals surface area contributed by atoms with Crippen LogP contribution in [0.15, 0.2) is 36.9 Å². The minimum atomic E-state index is -1.07. The molecule has 4 N–H and O–H groups in total. The highest BCUT2D eigenvalue weighted by atomic mass is 16.3. The number of hydrogen-bond donors (Lipinski definition) is 3. The number of pyridine rings is 1. The lowest BCUT2D eigenvalue weighted by Gasteiger charge is -2.43. The first-order valence-electron chi connectivity index (χ1n) is 12.3. The second-order valence-corrected chi connectivity index (χ2v) is 9.76. The van der Waals surface area contributed by atoms with E-state index in [9.17, 15) is 14.7 Å². The topological polar surface area (TPSA) is 155 Å². The lowest BCUT2D eigenvalue weighted by molar-refractivity contribution is -0.146. The van der Waals surface area contributed by atoms with E-state index in [0.29, 0.717) is 41.3 Å². The highest BCUT2D eigenvalue weighted by Gasteiger charge is 2.38. The summed E-state index contributed by atoms with van der Waals surface area (Å²) in [5, 5.41) is 14.3. The molecular formula is C26H30N8O3. The molecule has 0 bridgehead atoms. The molecule has 1 amide bonds. The van der Waals surface area contributed by atoms with Gasteiger partial charge in [0.2, 0.25) is 0 Å². The maximum absolute atomic E-state index is 12.7. The number of nitrogen functional groups attached to an aromatic ring is 1. The second kappa shape index (κ2) is 9.40. The third-order valence-electron chi connectivity index (χ3n) is 7.08. The van der Waals surface area contributed by atoms with Crippen LogP contribution in [0.2, 0.25) is 0 Å². The van der Waals surface area contributed by atoms with E-state index in [1.807, 2.05) is 26.0 Å². The predicted octanol–water partition coefficient (Wildman–Crippen LogP) is 2.83. The highest BCUT2D eigenvalue weighted by Crippen LogP contribution is 2.39. The number of imidazole rings is 1. The number of ketones is 1. The normalized spacial score (nSPS) is 20.8. The Balaban J connectivity index is 1.57. The van der Waals surface area contributed by atoms with Crippen LogP contribution in [-0.4, -0.2) is 69.4 Å². The van der Waals surface area contributed by atoms with Crippen molar-refractivity contribution in [1.82, 2.24) is 34.4 Å². The SMILES string of the molecule is CC(=O)c1c(C2CC(C)N(C(=O)[C@H](C)O)[C@@H](C)C2)nc2c(-c3ccc(-c4ncc[nH]4)nc3)cnn2c1N. The molecule has 0 aromatic carbocycles. The van der Waals surface area contributed by atoms with Crippen LogP contribution < -0.4 is 5.73 Å². The minimum absolute atomic E-state index is 0.101. The van der Waals surface area contributed by atoms with Gasteiger partial charge in [-0.25, -0.2) is 9.97 Å². The van der Waals surface area contributed by atoms with Gasteiger partial charge in [-0.3, -0.25) is 14.6 Å². The summed E-state index contributed by atoms with van der Waals surface area (Å²) in [7, 11) is 0. The second-order valence-electron chi connectivity index (χ2n) is 9.76. The zero-order chi connectivity index (χ0) is 26.4.